The summed E-state index contributed by atoms with van der Waals surface area (Å²) in [6.07, 6.45) is 5.63. The van der Waals surface area contributed by atoms with E-state index in [9.17, 15) is 12.8 Å². The standard InChI is InChI=1S/C11H12BrFN2O2S/c1-3-7(4-2)15-18(16,17)11-5-8(12)9(13)6-10(11)14/h1,5-7,15H,4,14H2,2H3. The Balaban J connectivity index is 3.22. The highest BCUT2D eigenvalue weighted by molar-refractivity contribution is 9.10. The number of nitrogens with one attached hydrogen (secondary N) is 1. The van der Waals surface area contributed by atoms with Crippen LogP contribution in [0.1, 0.15) is 13.3 Å². The van der Waals surface area contributed by atoms with Crippen LogP contribution in [0.5, 0.6) is 0 Å². The largest absolute Gasteiger partial charge is 0.398 e. The van der Waals surface area contributed by atoms with Crippen molar-refractivity contribution < 1.29 is 12.8 Å². The van der Waals surface area contributed by atoms with Gasteiger partial charge in [-0.15, -0.1) is 6.42 Å². The average Bonchev–Trinajstić information content (AvgIpc) is 2.30. The highest BCUT2D eigenvalue weighted by Gasteiger charge is 2.22. The molecule has 0 aliphatic rings. The van der Waals surface area contributed by atoms with Gasteiger partial charge in [-0.05, 0) is 34.5 Å². The van der Waals surface area contributed by atoms with E-state index in [1.807, 2.05) is 0 Å². The van der Waals surface area contributed by atoms with E-state index in [1.54, 1.807) is 6.92 Å². The maximum absolute atomic E-state index is 13.2. The van der Waals surface area contributed by atoms with Crippen molar-refractivity contribution in [1.29, 1.82) is 0 Å². The van der Waals surface area contributed by atoms with Gasteiger partial charge in [0.05, 0.1) is 16.2 Å². The van der Waals surface area contributed by atoms with Gasteiger partial charge >= 0.3 is 0 Å². The van der Waals surface area contributed by atoms with Crippen LogP contribution in [0, 0.1) is 18.2 Å². The van der Waals surface area contributed by atoms with E-state index < -0.39 is 21.9 Å². The van der Waals surface area contributed by atoms with Gasteiger partial charge in [-0.1, -0.05) is 12.8 Å². The van der Waals surface area contributed by atoms with Crippen LogP contribution in [0.3, 0.4) is 0 Å². The molecular formula is C11H12BrFN2O2S. The normalized spacial score (nSPS) is 13.0. The van der Waals surface area contributed by atoms with Crippen LogP contribution < -0.4 is 10.5 Å². The molecular weight excluding hydrogens is 323 g/mol. The SMILES string of the molecule is C#CC(CC)NS(=O)(=O)c1cc(Br)c(F)cc1N. The molecule has 0 spiro atoms. The Morgan fingerprint density at radius 1 is 1.61 bits per heavy atom. The van der Waals surface area contributed by atoms with Crippen molar-refractivity contribution in [1.82, 2.24) is 4.72 Å². The number of halogens is 2. The third-order valence-corrected chi connectivity index (χ3v) is 4.38. The number of hydrogen-bond acceptors (Lipinski definition) is 3. The average molecular weight is 335 g/mol. The lowest BCUT2D eigenvalue weighted by Gasteiger charge is -2.13. The molecule has 0 aromatic heterocycles. The molecule has 0 heterocycles. The summed E-state index contributed by atoms with van der Waals surface area (Å²) in [6, 6.07) is 1.42. The van der Waals surface area contributed by atoms with Gasteiger partial charge in [-0.2, -0.15) is 4.72 Å². The lowest BCUT2D eigenvalue weighted by atomic mass is 10.3. The lowest BCUT2D eigenvalue weighted by molar-refractivity contribution is 0.570. The van der Waals surface area contributed by atoms with Gasteiger partial charge in [-0.3, -0.25) is 0 Å². The summed E-state index contributed by atoms with van der Waals surface area (Å²) >= 11 is 2.91. The van der Waals surface area contributed by atoms with Gasteiger partial charge in [0.25, 0.3) is 0 Å². The van der Waals surface area contributed by atoms with E-state index in [4.69, 9.17) is 12.2 Å². The molecule has 18 heavy (non-hydrogen) atoms. The molecule has 0 aliphatic carbocycles. The quantitative estimate of drug-likeness (QED) is 0.652. The van der Waals surface area contributed by atoms with E-state index >= 15 is 0 Å². The molecule has 1 aromatic rings. The highest BCUT2D eigenvalue weighted by atomic mass is 79.9. The van der Waals surface area contributed by atoms with E-state index in [0.29, 0.717) is 6.42 Å². The van der Waals surface area contributed by atoms with Gasteiger partial charge in [0, 0.05) is 0 Å². The van der Waals surface area contributed by atoms with Crippen molar-refractivity contribution >= 4 is 31.6 Å². The van der Waals surface area contributed by atoms with Crippen LogP contribution in [0.25, 0.3) is 0 Å². The second-order valence-electron chi connectivity index (χ2n) is 3.55. The molecule has 0 radical (unpaired) electrons. The van der Waals surface area contributed by atoms with Crippen LogP contribution in [0.2, 0.25) is 0 Å². The molecule has 1 aromatic carbocycles. The number of rotatable bonds is 4. The van der Waals surface area contributed by atoms with Crippen molar-refractivity contribution in [2.75, 3.05) is 5.73 Å². The van der Waals surface area contributed by atoms with Gasteiger partial charge in [0.15, 0.2) is 0 Å². The molecule has 4 nitrogen and oxygen atoms in total. The molecule has 1 atom stereocenters. The third-order valence-electron chi connectivity index (χ3n) is 2.25. The summed E-state index contributed by atoms with van der Waals surface area (Å²) in [5, 5.41) is 0. The Hall–Kier alpha value is -1.10. The second kappa shape index (κ2) is 5.69. The van der Waals surface area contributed by atoms with Crippen LogP contribution >= 0.6 is 15.9 Å². The molecule has 98 valence electrons. The van der Waals surface area contributed by atoms with Gasteiger partial charge < -0.3 is 5.73 Å². The lowest BCUT2D eigenvalue weighted by Crippen LogP contribution is -2.33. The molecule has 7 heteroatoms. The van der Waals surface area contributed by atoms with Crippen LogP contribution in [0.15, 0.2) is 21.5 Å². The summed E-state index contributed by atoms with van der Waals surface area (Å²) in [4.78, 5) is -0.204. The smallest absolute Gasteiger partial charge is 0.243 e. The van der Waals surface area contributed by atoms with E-state index in [2.05, 4.69) is 26.6 Å². The number of hydrogen-bond donors (Lipinski definition) is 2. The molecule has 1 unspecified atom stereocenters. The van der Waals surface area contributed by atoms with Crippen molar-refractivity contribution in [3.05, 3.63) is 22.4 Å². The highest BCUT2D eigenvalue weighted by Crippen LogP contribution is 2.26. The zero-order chi connectivity index (χ0) is 13.9. The Kier molecular flexibility index (Phi) is 4.73. The summed E-state index contributed by atoms with van der Waals surface area (Å²) in [5.74, 6) is 1.68. The summed E-state index contributed by atoms with van der Waals surface area (Å²) in [6.45, 7) is 1.75. The second-order valence-corrected chi connectivity index (χ2v) is 6.09. The summed E-state index contributed by atoms with van der Waals surface area (Å²) in [5.41, 5.74) is 5.33. The number of terminal acetylenes is 1. The molecule has 0 aliphatic heterocycles. The van der Waals surface area contributed by atoms with Crippen molar-refractivity contribution in [2.24, 2.45) is 0 Å². The minimum atomic E-state index is -3.87. The van der Waals surface area contributed by atoms with Crippen molar-refractivity contribution in [2.45, 2.75) is 24.3 Å². The van der Waals surface area contributed by atoms with E-state index in [1.165, 1.54) is 0 Å². The molecule has 0 fully saturated rings. The first-order valence-electron chi connectivity index (χ1n) is 5.04. The number of sulfonamides is 1. The van der Waals surface area contributed by atoms with Crippen molar-refractivity contribution in [3.63, 3.8) is 0 Å². The first-order chi connectivity index (χ1) is 8.31. The molecule has 3 N–H and O–H groups in total. The maximum atomic E-state index is 13.2. The Morgan fingerprint density at radius 2 is 2.22 bits per heavy atom. The molecule has 0 amide bonds. The zero-order valence-corrected chi connectivity index (χ0v) is 12.0. The monoisotopic (exact) mass is 334 g/mol. The fourth-order valence-electron chi connectivity index (χ4n) is 1.26. The summed E-state index contributed by atoms with van der Waals surface area (Å²) in [7, 11) is -3.87. The molecule has 0 saturated carbocycles. The third kappa shape index (κ3) is 3.22. The van der Waals surface area contributed by atoms with E-state index in [-0.39, 0.29) is 15.1 Å². The Labute approximate surface area is 114 Å². The predicted molar refractivity (Wildman–Crippen MR) is 71.7 cm³/mol. The molecule has 0 bridgehead atoms. The fourth-order valence-corrected chi connectivity index (χ4v) is 3.14. The first-order valence-corrected chi connectivity index (χ1v) is 7.32. The van der Waals surface area contributed by atoms with Gasteiger partial charge in [-0.25, -0.2) is 12.8 Å². The number of benzene rings is 1. The van der Waals surface area contributed by atoms with Crippen LogP contribution in [0.4, 0.5) is 10.1 Å². The Bertz CT molecular complexity index is 596. The topological polar surface area (TPSA) is 72.2 Å². The zero-order valence-electron chi connectivity index (χ0n) is 9.57. The Morgan fingerprint density at radius 3 is 2.72 bits per heavy atom. The van der Waals surface area contributed by atoms with Gasteiger partial charge in [0.2, 0.25) is 10.0 Å². The van der Waals surface area contributed by atoms with Crippen molar-refractivity contribution in [3.8, 4) is 12.3 Å². The first kappa shape index (κ1) is 15.0. The fraction of sp³-hybridized carbons (Fsp3) is 0.273. The predicted octanol–water partition coefficient (Wildman–Crippen LogP) is 1.86. The number of anilines is 1. The van der Waals surface area contributed by atoms with E-state index in [0.717, 1.165) is 12.1 Å². The van der Waals surface area contributed by atoms with Crippen LogP contribution in [-0.4, -0.2) is 14.5 Å². The van der Waals surface area contributed by atoms with Crippen LogP contribution in [-0.2, 0) is 10.0 Å². The molecule has 0 saturated heterocycles. The minimum absolute atomic E-state index is 0.0193. The summed E-state index contributed by atoms with van der Waals surface area (Å²) < 4.78 is 39.5. The number of nitrogens with two attached hydrogens (primary N) is 1. The maximum Gasteiger partial charge on any atom is 0.243 e. The number of nitrogen functional groups attached to an aromatic ring is 1. The molecule has 1 rings (SSSR count). The minimum Gasteiger partial charge on any atom is -0.398 e. The van der Waals surface area contributed by atoms with Gasteiger partial charge in [0.1, 0.15) is 10.7 Å².